The molecule has 0 spiro atoms. The lowest BCUT2D eigenvalue weighted by atomic mass is 9.89. The summed E-state index contributed by atoms with van der Waals surface area (Å²) in [6.45, 7) is 6.47. The molecule has 2 aromatic carbocycles. The van der Waals surface area contributed by atoms with E-state index in [0.717, 1.165) is 29.8 Å². The van der Waals surface area contributed by atoms with Crippen molar-refractivity contribution >= 4 is 16.0 Å². The molecule has 0 bridgehead atoms. The van der Waals surface area contributed by atoms with Crippen molar-refractivity contribution in [2.75, 3.05) is 33.2 Å². The van der Waals surface area contributed by atoms with E-state index in [9.17, 15) is 18.3 Å². The standard InChI is InChI=1S/C23H30N2O4S/c1-17(2)15-22(23(26)27)20-6-4-5-19(16-20)18-7-9-21(10-8-18)30(28,29)25-13-11-24(3)12-14-25/h4-10,16-17,22H,11-15H2,1-3H3,(H,26,27). The van der Waals surface area contributed by atoms with E-state index in [-0.39, 0.29) is 10.8 Å². The molecule has 1 heterocycles. The van der Waals surface area contributed by atoms with E-state index in [0.29, 0.717) is 19.5 Å². The Bertz CT molecular complexity index is 979. The SMILES string of the molecule is CC(C)CC(C(=O)O)c1cccc(-c2ccc(S(=O)(=O)N3CCN(C)CC3)cc2)c1. The maximum absolute atomic E-state index is 12.9. The highest BCUT2D eigenvalue weighted by Crippen LogP contribution is 2.29. The Labute approximate surface area is 179 Å². The molecule has 0 aliphatic carbocycles. The third-order valence-electron chi connectivity index (χ3n) is 5.58. The van der Waals surface area contributed by atoms with Gasteiger partial charge in [0.05, 0.1) is 10.8 Å². The van der Waals surface area contributed by atoms with Gasteiger partial charge in [-0.05, 0) is 48.2 Å². The lowest BCUT2D eigenvalue weighted by Crippen LogP contribution is -2.46. The van der Waals surface area contributed by atoms with Gasteiger partial charge < -0.3 is 10.0 Å². The number of sulfonamides is 1. The number of piperazine rings is 1. The van der Waals surface area contributed by atoms with Crippen LogP contribution < -0.4 is 0 Å². The third-order valence-corrected chi connectivity index (χ3v) is 7.49. The van der Waals surface area contributed by atoms with Crippen molar-refractivity contribution in [3.05, 3.63) is 54.1 Å². The first-order chi connectivity index (χ1) is 14.2. The minimum absolute atomic E-state index is 0.272. The zero-order chi connectivity index (χ0) is 21.9. The van der Waals surface area contributed by atoms with Crippen LogP contribution in [0.1, 0.15) is 31.7 Å². The summed E-state index contributed by atoms with van der Waals surface area (Å²) >= 11 is 0. The normalized spacial score (nSPS) is 17.2. The fraction of sp³-hybridized carbons (Fsp3) is 0.435. The third kappa shape index (κ3) is 5.09. The van der Waals surface area contributed by atoms with E-state index in [4.69, 9.17) is 0 Å². The van der Waals surface area contributed by atoms with Gasteiger partial charge in [0.2, 0.25) is 10.0 Å². The average Bonchev–Trinajstić information content (AvgIpc) is 2.72. The molecule has 1 aliphatic rings. The highest BCUT2D eigenvalue weighted by molar-refractivity contribution is 7.89. The summed E-state index contributed by atoms with van der Waals surface area (Å²) in [4.78, 5) is 14.1. The zero-order valence-corrected chi connectivity index (χ0v) is 18.6. The Kier molecular flexibility index (Phi) is 6.95. The van der Waals surface area contributed by atoms with Crippen molar-refractivity contribution in [1.29, 1.82) is 0 Å². The fourth-order valence-corrected chi connectivity index (χ4v) is 5.20. The lowest BCUT2D eigenvalue weighted by Gasteiger charge is -2.31. The summed E-state index contributed by atoms with van der Waals surface area (Å²) in [7, 11) is -1.51. The van der Waals surface area contributed by atoms with Crippen LogP contribution in [0.5, 0.6) is 0 Å². The molecular formula is C23H30N2O4S. The molecule has 0 saturated carbocycles. The average molecular weight is 431 g/mol. The van der Waals surface area contributed by atoms with Gasteiger partial charge in [-0.25, -0.2) is 8.42 Å². The Morgan fingerprint density at radius 3 is 2.20 bits per heavy atom. The number of benzene rings is 2. The predicted octanol–water partition coefficient (Wildman–Crippen LogP) is 3.50. The second-order valence-corrected chi connectivity index (χ2v) is 10.3. The van der Waals surface area contributed by atoms with Crippen LogP contribution in [0.3, 0.4) is 0 Å². The van der Waals surface area contributed by atoms with Crippen molar-refractivity contribution in [2.24, 2.45) is 5.92 Å². The minimum Gasteiger partial charge on any atom is -0.481 e. The molecule has 2 aromatic rings. The molecule has 0 amide bonds. The van der Waals surface area contributed by atoms with Crippen molar-refractivity contribution in [3.63, 3.8) is 0 Å². The molecule has 1 atom stereocenters. The van der Waals surface area contributed by atoms with E-state index in [1.54, 1.807) is 24.3 Å². The molecule has 6 nitrogen and oxygen atoms in total. The van der Waals surface area contributed by atoms with Gasteiger partial charge >= 0.3 is 5.97 Å². The molecule has 1 saturated heterocycles. The molecular weight excluding hydrogens is 400 g/mol. The first-order valence-corrected chi connectivity index (χ1v) is 11.7. The Morgan fingerprint density at radius 1 is 1.00 bits per heavy atom. The van der Waals surface area contributed by atoms with Gasteiger partial charge in [-0.2, -0.15) is 4.31 Å². The molecule has 1 unspecified atom stereocenters. The number of aliphatic carboxylic acids is 1. The predicted molar refractivity (Wildman–Crippen MR) is 118 cm³/mol. The molecule has 30 heavy (non-hydrogen) atoms. The molecule has 1 fully saturated rings. The van der Waals surface area contributed by atoms with Crippen LogP contribution in [0.4, 0.5) is 0 Å². The summed E-state index contributed by atoms with van der Waals surface area (Å²) in [6, 6.07) is 14.4. The summed E-state index contributed by atoms with van der Waals surface area (Å²) in [5.41, 5.74) is 2.51. The van der Waals surface area contributed by atoms with Gasteiger partial charge in [0.1, 0.15) is 0 Å². The highest BCUT2D eigenvalue weighted by atomic mass is 32.2. The second-order valence-electron chi connectivity index (χ2n) is 8.38. The molecule has 0 aromatic heterocycles. The van der Waals surface area contributed by atoms with Crippen LogP contribution >= 0.6 is 0 Å². The maximum atomic E-state index is 12.9. The van der Waals surface area contributed by atoms with Crippen molar-refractivity contribution < 1.29 is 18.3 Å². The van der Waals surface area contributed by atoms with Gasteiger partial charge in [0.25, 0.3) is 0 Å². The van der Waals surface area contributed by atoms with Crippen LogP contribution in [-0.4, -0.2) is 61.9 Å². The summed E-state index contributed by atoms with van der Waals surface area (Å²) < 4.78 is 27.3. The molecule has 1 aliphatic heterocycles. The number of hydrogen-bond donors (Lipinski definition) is 1. The Morgan fingerprint density at radius 2 is 1.63 bits per heavy atom. The number of hydrogen-bond acceptors (Lipinski definition) is 4. The topological polar surface area (TPSA) is 77.9 Å². The first-order valence-electron chi connectivity index (χ1n) is 10.3. The Hall–Kier alpha value is -2.22. The number of likely N-dealkylation sites (N-methyl/N-ethyl adjacent to an activating group) is 1. The molecule has 3 rings (SSSR count). The zero-order valence-electron chi connectivity index (χ0n) is 17.8. The van der Waals surface area contributed by atoms with Crippen molar-refractivity contribution in [3.8, 4) is 11.1 Å². The largest absolute Gasteiger partial charge is 0.481 e. The summed E-state index contributed by atoms with van der Waals surface area (Å²) in [5.74, 6) is -1.11. The van der Waals surface area contributed by atoms with Crippen LogP contribution in [-0.2, 0) is 14.8 Å². The molecule has 7 heteroatoms. The van der Waals surface area contributed by atoms with Gasteiger partial charge in [0.15, 0.2) is 0 Å². The number of carboxylic acids is 1. The van der Waals surface area contributed by atoms with Crippen molar-refractivity contribution in [2.45, 2.75) is 31.1 Å². The summed E-state index contributed by atoms with van der Waals surface area (Å²) in [6.07, 6.45) is 0.570. The van der Waals surface area contributed by atoms with E-state index in [1.807, 2.05) is 45.2 Å². The van der Waals surface area contributed by atoms with E-state index in [2.05, 4.69) is 4.90 Å². The Balaban J connectivity index is 1.83. The van der Waals surface area contributed by atoms with Crippen LogP contribution in [0.15, 0.2) is 53.4 Å². The molecule has 1 N–H and O–H groups in total. The number of rotatable bonds is 7. The van der Waals surface area contributed by atoms with E-state index < -0.39 is 21.9 Å². The summed E-state index contributed by atoms with van der Waals surface area (Å²) in [5, 5.41) is 9.63. The number of nitrogens with zero attached hydrogens (tertiary/aromatic N) is 2. The second kappa shape index (κ2) is 9.29. The van der Waals surface area contributed by atoms with Gasteiger partial charge in [0, 0.05) is 26.2 Å². The minimum atomic E-state index is -3.50. The lowest BCUT2D eigenvalue weighted by molar-refractivity contribution is -0.139. The van der Waals surface area contributed by atoms with Crippen LogP contribution in [0.2, 0.25) is 0 Å². The van der Waals surface area contributed by atoms with Gasteiger partial charge in [-0.1, -0.05) is 50.2 Å². The van der Waals surface area contributed by atoms with E-state index in [1.165, 1.54) is 4.31 Å². The monoisotopic (exact) mass is 430 g/mol. The van der Waals surface area contributed by atoms with E-state index >= 15 is 0 Å². The quantitative estimate of drug-likeness (QED) is 0.727. The first kappa shape index (κ1) is 22.5. The maximum Gasteiger partial charge on any atom is 0.310 e. The van der Waals surface area contributed by atoms with Crippen LogP contribution in [0, 0.1) is 5.92 Å². The smallest absolute Gasteiger partial charge is 0.310 e. The highest BCUT2D eigenvalue weighted by Gasteiger charge is 2.27. The fourth-order valence-electron chi connectivity index (χ4n) is 3.78. The van der Waals surface area contributed by atoms with Crippen LogP contribution in [0.25, 0.3) is 11.1 Å². The molecule has 0 radical (unpaired) electrons. The van der Waals surface area contributed by atoms with Crippen molar-refractivity contribution in [1.82, 2.24) is 9.21 Å². The number of carboxylic acid groups (broad SMARTS) is 1. The number of carbonyl (C=O) groups is 1. The van der Waals surface area contributed by atoms with Gasteiger partial charge in [-0.15, -0.1) is 0 Å². The molecule has 162 valence electrons. The van der Waals surface area contributed by atoms with Gasteiger partial charge in [-0.3, -0.25) is 4.79 Å².